The average molecular weight is 306 g/mol. The Morgan fingerprint density at radius 1 is 1.43 bits per heavy atom. The van der Waals surface area contributed by atoms with E-state index in [9.17, 15) is 9.18 Å². The first kappa shape index (κ1) is 15.6. The zero-order valence-corrected chi connectivity index (χ0v) is 13.3. The Hall–Kier alpha value is -1.75. The summed E-state index contributed by atoms with van der Waals surface area (Å²) in [6.07, 6.45) is 1.79. The van der Waals surface area contributed by atoms with E-state index < -0.39 is 0 Å². The number of anilines is 1. The molecule has 0 spiro atoms. The van der Waals surface area contributed by atoms with Crippen LogP contribution in [0.1, 0.15) is 47.1 Å². The molecule has 1 heterocycles. The SMILES string of the molecule is CCC(C)c1nc(N(C)Cc2ccccc2F)sc1C=O. The van der Waals surface area contributed by atoms with Crippen molar-refractivity contribution in [3.63, 3.8) is 0 Å². The fourth-order valence-electron chi connectivity index (χ4n) is 2.08. The molecule has 0 saturated heterocycles. The molecule has 0 aliphatic rings. The van der Waals surface area contributed by atoms with Crippen molar-refractivity contribution < 1.29 is 9.18 Å². The van der Waals surface area contributed by atoms with Crippen molar-refractivity contribution in [2.45, 2.75) is 32.7 Å². The van der Waals surface area contributed by atoms with E-state index in [1.807, 2.05) is 18.0 Å². The molecule has 1 atom stereocenters. The van der Waals surface area contributed by atoms with Crippen LogP contribution in [-0.2, 0) is 6.54 Å². The molecule has 5 heteroatoms. The lowest BCUT2D eigenvalue weighted by molar-refractivity contribution is 0.112. The Balaban J connectivity index is 2.23. The first-order chi connectivity index (χ1) is 10.1. The molecule has 2 rings (SSSR count). The van der Waals surface area contributed by atoms with Gasteiger partial charge in [0.2, 0.25) is 0 Å². The van der Waals surface area contributed by atoms with Crippen LogP contribution >= 0.6 is 11.3 Å². The van der Waals surface area contributed by atoms with E-state index in [0.29, 0.717) is 17.0 Å². The van der Waals surface area contributed by atoms with Gasteiger partial charge < -0.3 is 4.90 Å². The molecular formula is C16H19FN2OS. The fourth-order valence-corrected chi connectivity index (χ4v) is 3.04. The van der Waals surface area contributed by atoms with Crippen LogP contribution in [0.25, 0.3) is 0 Å². The van der Waals surface area contributed by atoms with E-state index in [0.717, 1.165) is 23.5 Å². The molecule has 0 N–H and O–H groups in total. The maximum absolute atomic E-state index is 13.7. The number of hydrogen-bond donors (Lipinski definition) is 0. The second-order valence-electron chi connectivity index (χ2n) is 5.12. The predicted octanol–water partition coefficient (Wildman–Crippen LogP) is 4.24. The second kappa shape index (κ2) is 6.80. The van der Waals surface area contributed by atoms with Crippen molar-refractivity contribution in [3.8, 4) is 0 Å². The predicted molar refractivity (Wildman–Crippen MR) is 84.7 cm³/mol. The zero-order valence-electron chi connectivity index (χ0n) is 12.5. The highest BCUT2D eigenvalue weighted by atomic mass is 32.1. The third-order valence-electron chi connectivity index (χ3n) is 3.55. The van der Waals surface area contributed by atoms with Crippen LogP contribution in [0.2, 0.25) is 0 Å². The molecule has 112 valence electrons. The van der Waals surface area contributed by atoms with Crippen molar-refractivity contribution in [1.82, 2.24) is 4.98 Å². The summed E-state index contributed by atoms with van der Waals surface area (Å²) in [6, 6.07) is 6.70. The number of hydrogen-bond acceptors (Lipinski definition) is 4. The highest BCUT2D eigenvalue weighted by Gasteiger charge is 2.18. The number of benzene rings is 1. The number of rotatable bonds is 6. The normalized spacial score (nSPS) is 12.2. The van der Waals surface area contributed by atoms with Gasteiger partial charge in [0.1, 0.15) is 5.82 Å². The Kier molecular flexibility index (Phi) is 5.07. The highest BCUT2D eigenvalue weighted by Crippen LogP contribution is 2.31. The number of halogens is 1. The van der Waals surface area contributed by atoms with Gasteiger partial charge in [0.25, 0.3) is 0 Å². The van der Waals surface area contributed by atoms with Crippen LogP contribution in [0, 0.1) is 5.82 Å². The van der Waals surface area contributed by atoms with Gasteiger partial charge in [-0.25, -0.2) is 9.37 Å². The minimum absolute atomic E-state index is 0.223. The van der Waals surface area contributed by atoms with E-state index in [-0.39, 0.29) is 11.7 Å². The van der Waals surface area contributed by atoms with E-state index in [4.69, 9.17) is 0 Å². The lowest BCUT2D eigenvalue weighted by Gasteiger charge is -2.16. The summed E-state index contributed by atoms with van der Waals surface area (Å²) in [5, 5.41) is 0.746. The molecule has 1 aromatic carbocycles. The summed E-state index contributed by atoms with van der Waals surface area (Å²) in [4.78, 5) is 18.3. The number of thiazole rings is 1. The van der Waals surface area contributed by atoms with Crippen LogP contribution in [-0.4, -0.2) is 18.3 Å². The third kappa shape index (κ3) is 3.47. The Morgan fingerprint density at radius 2 is 2.14 bits per heavy atom. The summed E-state index contributed by atoms with van der Waals surface area (Å²) in [6.45, 7) is 4.56. The molecule has 1 unspecified atom stereocenters. The monoisotopic (exact) mass is 306 g/mol. The molecule has 3 nitrogen and oxygen atoms in total. The van der Waals surface area contributed by atoms with Gasteiger partial charge in [-0.15, -0.1) is 0 Å². The van der Waals surface area contributed by atoms with Crippen LogP contribution in [0.15, 0.2) is 24.3 Å². The molecule has 0 fully saturated rings. The zero-order chi connectivity index (χ0) is 15.4. The molecule has 21 heavy (non-hydrogen) atoms. The number of nitrogens with zero attached hydrogens (tertiary/aromatic N) is 2. The van der Waals surface area contributed by atoms with Gasteiger partial charge in [-0.1, -0.05) is 43.4 Å². The largest absolute Gasteiger partial charge is 0.347 e. The summed E-state index contributed by atoms with van der Waals surface area (Å²) in [5.74, 6) is 0.0238. The van der Waals surface area contributed by atoms with Gasteiger partial charge in [-0.2, -0.15) is 0 Å². The van der Waals surface area contributed by atoms with Gasteiger partial charge in [-0.3, -0.25) is 4.79 Å². The van der Waals surface area contributed by atoms with Crippen molar-refractivity contribution in [1.29, 1.82) is 0 Å². The maximum Gasteiger partial charge on any atom is 0.186 e. The lowest BCUT2D eigenvalue weighted by Crippen LogP contribution is -2.17. The molecule has 0 radical (unpaired) electrons. The average Bonchev–Trinajstić information content (AvgIpc) is 2.93. The number of carbonyl (C=O) groups is 1. The van der Waals surface area contributed by atoms with E-state index in [2.05, 4.69) is 18.8 Å². The van der Waals surface area contributed by atoms with Gasteiger partial charge >= 0.3 is 0 Å². The van der Waals surface area contributed by atoms with Crippen LogP contribution in [0.4, 0.5) is 9.52 Å². The summed E-state index contributed by atoms with van der Waals surface area (Å²) < 4.78 is 13.7. The topological polar surface area (TPSA) is 33.2 Å². The Morgan fingerprint density at radius 3 is 2.76 bits per heavy atom. The first-order valence-corrected chi connectivity index (χ1v) is 7.78. The van der Waals surface area contributed by atoms with Gasteiger partial charge in [0.15, 0.2) is 11.4 Å². The highest BCUT2D eigenvalue weighted by molar-refractivity contribution is 7.17. The lowest BCUT2D eigenvalue weighted by atomic mass is 10.0. The molecular weight excluding hydrogens is 287 g/mol. The minimum Gasteiger partial charge on any atom is -0.347 e. The fraction of sp³-hybridized carbons (Fsp3) is 0.375. The van der Waals surface area contributed by atoms with Crippen molar-refractivity contribution in [2.24, 2.45) is 0 Å². The van der Waals surface area contributed by atoms with Gasteiger partial charge in [0, 0.05) is 19.2 Å². The van der Waals surface area contributed by atoms with Crippen molar-refractivity contribution in [2.75, 3.05) is 11.9 Å². The maximum atomic E-state index is 13.7. The molecule has 0 aliphatic heterocycles. The standard InChI is InChI=1S/C16H19FN2OS/c1-4-11(2)15-14(10-20)21-16(18-15)19(3)9-12-7-5-6-8-13(12)17/h5-8,10-11H,4,9H2,1-3H3. The molecule has 0 saturated carbocycles. The smallest absolute Gasteiger partial charge is 0.186 e. The van der Waals surface area contributed by atoms with Crippen molar-refractivity contribution >= 4 is 22.8 Å². The molecule has 0 bridgehead atoms. The van der Waals surface area contributed by atoms with E-state index in [1.165, 1.54) is 17.4 Å². The third-order valence-corrected chi connectivity index (χ3v) is 4.66. The summed E-state index contributed by atoms with van der Waals surface area (Å²) >= 11 is 1.36. The van der Waals surface area contributed by atoms with Crippen molar-refractivity contribution in [3.05, 3.63) is 46.2 Å². The van der Waals surface area contributed by atoms with Crippen LogP contribution < -0.4 is 4.90 Å². The molecule has 0 amide bonds. The number of carbonyl (C=O) groups excluding carboxylic acids is 1. The molecule has 1 aromatic heterocycles. The number of aldehydes is 1. The van der Waals surface area contributed by atoms with Gasteiger partial charge in [-0.05, 0) is 18.4 Å². The van der Waals surface area contributed by atoms with Gasteiger partial charge in [0.05, 0.1) is 10.6 Å². The summed E-state index contributed by atoms with van der Waals surface area (Å²) in [7, 11) is 1.86. The Bertz CT molecular complexity index is 626. The van der Waals surface area contributed by atoms with Crippen LogP contribution in [0.5, 0.6) is 0 Å². The second-order valence-corrected chi connectivity index (χ2v) is 6.13. The van der Waals surface area contributed by atoms with E-state index in [1.54, 1.807) is 12.1 Å². The quantitative estimate of drug-likeness (QED) is 0.748. The van der Waals surface area contributed by atoms with Crippen LogP contribution in [0.3, 0.4) is 0 Å². The summed E-state index contributed by atoms with van der Waals surface area (Å²) in [5.41, 5.74) is 1.46. The molecule has 0 aliphatic carbocycles. The minimum atomic E-state index is -0.223. The number of aromatic nitrogens is 1. The first-order valence-electron chi connectivity index (χ1n) is 6.97. The molecule has 2 aromatic rings. The Labute approximate surface area is 128 Å². The van der Waals surface area contributed by atoms with E-state index >= 15 is 0 Å².